The highest BCUT2D eigenvalue weighted by atomic mass is 16.3. The molecule has 2 aromatic heterocycles. The highest BCUT2D eigenvalue weighted by Gasteiger charge is 2.23. The van der Waals surface area contributed by atoms with E-state index in [1.54, 1.807) is 24.4 Å². The minimum atomic E-state index is -0.715. The SMILES string of the molecule is O=C(CC1CCCCC1)c1nc(-c2ccccn2)[nH]c(=O)c1O. The lowest BCUT2D eigenvalue weighted by molar-refractivity contribution is 0.0942. The van der Waals surface area contributed by atoms with Gasteiger partial charge < -0.3 is 10.1 Å². The molecule has 1 fully saturated rings. The largest absolute Gasteiger partial charge is 0.501 e. The summed E-state index contributed by atoms with van der Waals surface area (Å²) in [5.74, 6) is -0.376. The molecule has 3 rings (SSSR count). The lowest BCUT2D eigenvalue weighted by atomic mass is 9.85. The number of nitrogens with one attached hydrogen (secondary N) is 1. The second-order valence-corrected chi connectivity index (χ2v) is 5.96. The fraction of sp³-hybridized carbons (Fsp3) is 0.412. The van der Waals surface area contributed by atoms with Crippen molar-refractivity contribution < 1.29 is 9.90 Å². The zero-order valence-corrected chi connectivity index (χ0v) is 12.8. The number of H-pyrrole nitrogens is 1. The Kier molecular flexibility index (Phi) is 4.50. The van der Waals surface area contributed by atoms with Crippen LogP contribution < -0.4 is 5.56 Å². The number of pyridine rings is 1. The van der Waals surface area contributed by atoms with Crippen molar-refractivity contribution in [2.75, 3.05) is 0 Å². The maximum Gasteiger partial charge on any atom is 0.294 e. The third kappa shape index (κ3) is 3.47. The van der Waals surface area contributed by atoms with Gasteiger partial charge in [-0.05, 0) is 18.1 Å². The van der Waals surface area contributed by atoms with Gasteiger partial charge in [0.2, 0.25) is 5.75 Å². The maximum absolute atomic E-state index is 12.5. The van der Waals surface area contributed by atoms with Gasteiger partial charge >= 0.3 is 0 Å². The summed E-state index contributed by atoms with van der Waals surface area (Å²) in [7, 11) is 0. The van der Waals surface area contributed by atoms with Gasteiger partial charge in [-0.25, -0.2) is 4.98 Å². The molecule has 2 aromatic rings. The summed E-state index contributed by atoms with van der Waals surface area (Å²) in [5.41, 5.74) is -0.413. The molecule has 0 bridgehead atoms. The van der Waals surface area contributed by atoms with Crippen molar-refractivity contribution in [3.63, 3.8) is 0 Å². The van der Waals surface area contributed by atoms with Crippen LogP contribution >= 0.6 is 0 Å². The van der Waals surface area contributed by atoms with E-state index in [-0.39, 0.29) is 17.3 Å². The van der Waals surface area contributed by atoms with E-state index in [4.69, 9.17) is 0 Å². The second-order valence-electron chi connectivity index (χ2n) is 5.96. The molecule has 120 valence electrons. The number of carbonyl (C=O) groups excluding carboxylic acids is 1. The summed E-state index contributed by atoms with van der Waals surface area (Å²) in [6.45, 7) is 0. The van der Waals surface area contributed by atoms with Gasteiger partial charge in [0.1, 0.15) is 5.69 Å². The van der Waals surface area contributed by atoms with E-state index in [0.29, 0.717) is 18.0 Å². The first-order valence-electron chi connectivity index (χ1n) is 7.93. The number of carbonyl (C=O) groups is 1. The Morgan fingerprint density at radius 3 is 2.74 bits per heavy atom. The average molecular weight is 313 g/mol. The minimum Gasteiger partial charge on any atom is -0.501 e. The van der Waals surface area contributed by atoms with Crippen LogP contribution in [0.2, 0.25) is 0 Å². The Labute approximate surface area is 133 Å². The molecule has 0 unspecified atom stereocenters. The van der Waals surface area contributed by atoms with Gasteiger partial charge in [-0.1, -0.05) is 38.2 Å². The number of ketones is 1. The number of nitrogens with zero attached hydrogens (tertiary/aromatic N) is 2. The third-order valence-electron chi connectivity index (χ3n) is 4.27. The molecular weight excluding hydrogens is 294 g/mol. The van der Waals surface area contributed by atoms with Crippen LogP contribution in [-0.2, 0) is 0 Å². The Morgan fingerprint density at radius 2 is 2.04 bits per heavy atom. The third-order valence-corrected chi connectivity index (χ3v) is 4.27. The minimum absolute atomic E-state index is 0.153. The number of aromatic nitrogens is 3. The topological polar surface area (TPSA) is 95.9 Å². The van der Waals surface area contributed by atoms with Crippen LogP contribution in [0.1, 0.15) is 49.0 Å². The standard InChI is InChI=1S/C17H19N3O3/c21-13(10-11-6-2-1-3-7-11)14-15(22)17(23)20-16(19-14)12-8-4-5-9-18-12/h4-5,8-9,11,22H,1-3,6-7,10H2,(H,19,20,23). The number of aromatic amines is 1. The van der Waals surface area contributed by atoms with Crippen molar-refractivity contribution >= 4 is 5.78 Å². The monoisotopic (exact) mass is 313 g/mol. The van der Waals surface area contributed by atoms with Gasteiger partial charge in [0, 0.05) is 12.6 Å². The van der Waals surface area contributed by atoms with E-state index in [0.717, 1.165) is 25.7 Å². The zero-order chi connectivity index (χ0) is 16.2. The number of aromatic hydroxyl groups is 1. The summed E-state index contributed by atoms with van der Waals surface area (Å²) < 4.78 is 0. The van der Waals surface area contributed by atoms with Crippen molar-refractivity contribution in [3.8, 4) is 17.3 Å². The van der Waals surface area contributed by atoms with Gasteiger partial charge in [0.15, 0.2) is 17.3 Å². The van der Waals surface area contributed by atoms with Gasteiger partial charge in [-0.3, -0.25) is 14.6 Å². The summed E-state index contributed by atoms with van der Waals surface area (Å²) in [6.07, 6.45) is 7.41. The molecule has 6 nitrogen and oxygen atoms in total. The van der Waals surface area contributed by atoms with E-state index in [2.05, 4.69) is 15.0 Å². The first-order valence-corrected chi connectivity index (χ1v) is 7.93. The molecule has 23 heavy (non-hydrogen) atoms. The van der Waals surface area contributed by atoms with E-state index in [1.807, 2.05) is 0 Å². The highest BCUT2D eigenvalue weighted by Crippen LogP contribution is 2.28. The molecule has 0 amide bonds. The Hall–Kier alpha value is -2.50. The molecule has 6 heteroatoms. The first-order chi connectivity index (χ1) is 11.1. The fourth-order valence-electron chi connectivity index (χ4n) is 3.04. The van der Waals surface area contributed by atoms with E-state index < -0.39 is 11.3 Å². The predicted molar refractivity (Wildman–Crippen MR) is 85.3 cm³/mol. The van der Waals surface area contributed by atoms with Crippen LogP contribution in [0.15, 0.2) is 29.2 Å². The van der Waals surface area contributed by atoms with Gasteiger partial charge in [-0.2, -0.15) is 0 Å². The van der Waals surface area contributed by atoms with Crippen LogP contribution in [0.25, 0.3) is 11.5 Å². The van der Waals surface area contributed by atoms with E-state index in [9.17, 15) is 14.7 Å². The first kappa shape index (κ1) is 15.4. The van der Waals surface area contributed by atoms with Crippen LogP contribution in [0.4, 0.5) is 0 Å². The molecule has 1 aliphatic rings. The molecule has 0 aromatic carbocycles. The molecular formula is C17H19N3O3. The number of rotatable bonds is 4. The van der Waals surface area contributed by atoms with Crippen molar-refractivity contribution in [3.05, 3.63) is 40.4 Å². The second kappa shape index (κ2) is 6.73. The van der Waals surface area contributed by atoms with Crippen LogP contribution in [0.3, 0.4) is 0 Å². The molecule has 2 heterocycles. The van der Waals surface area contributed by atoms with Crippen molar-refractivity contribution in [1.82, 2.24) is 15.0 Å². The Morgan fingerprint density at radius 1 is 1.26 bits per heavy atom. The lowest BCUT2D eigenvalue weighted by Crippen LogP contribution is -2.18. The van der Waals surface area contributed by atoms with Crippen molar-refractivity contribution in [1.29, 1.82) is 0 Å². The Bertz CT molecular complexity index is 749. The summed E-state index contributed by atoms with van der Waals surface area (Å²) in [4.78, 5) is 35.1. The van der Waals surface area contributed by atoms with Crippen molar-refractivity contribution in [2.24, 2.45) is 5.92 Å². The predicted octanol–water partition coefficient (Wildman–Crippen LogP) is 2.69. The zero-order valence-electron chi connectivity index (χ0n) is 12.8. The quantitative estimate of drug-likeness (QED) is 0.846. The molecule has 0 radical (unpaired) electrons. The molecule has 0 aliphatic heterocycles. The van der Waals surface area contributed by atoms with Gasteiger partial charge in [-0.15, -0.1) is 0 Å². The molecule has 0 spiro atoms. The van der Waals surface area contributed by atoms with Gasteiger partial charge in [0.05, 0.1) is 0 Å². The smallest absolute Gasteiger partial charge is 0.294 e. The molecule has 0 atom stereocenters. The number of hydrogen-bond acceptors (Lipinski definition) is 5. The fourth-order valence-corrected chi connectivity index (χ4v) is 3.04. The lowest BCUT2D eigenvalue weighted by Gasteiger charge is -2.20. The van der Waals surface area contributed by atoms with E-state index in [1.165, 1.54) is 6.42 Å². The average Bonchev–Trinajstić information content (AvgIpc) is 2.58. The van der Waals surface area contributed by atoms with Gasteiger partial charge in [0.25, 0.3) is 5.56 Å². The van der Waals surface area contributed by atoms with Crippen LogP contribution in [0, 0.1) is 5.92 Å². The molecule has 1 aliphatic carbocycles. The maximum atomic E-state index is 12.5. The Balaban J connectivity index is 1.90. The normalized spacial score (nSPS) is 15.5. The van der Waals surface area contributed by atoms with Crippen LogP contribution in [0.5, 0.6) is 5.75 Å². The van der Waals surface area contributed by atoms with Crippen molar-refractivity contribution in [2.45, 2.75) is 38.5 Å². The molecule has 1 saturated carbocycles. The number of hydrogen-bond donors (Lipinski definition) is 2. The number of Topliss-reactive ketones (excluding diaryl/α,β-unsaturated/α-hetero) is 1. The van der Waals surface area contributed by atoms with E-state index >= 15 is 0 Å². The summed E-state index contributed by atoms with van der Waals surface area (Å²) in [6, 6.07) is 5.20. The van der Waals surface area contributed by atoms with Crippen LogP contribution in [-0.4, -0.2) is 25.8 Å². The molecule has 2 N–H and O–H groups in total. The summed E-state index contributed by atoms with van der Waals surface area (Å²) >= 11 is 0. The summed E-state index contributed by atoms with van der Waals surface area (Å²) in [5, 5.41) is 9.92. The molecule has 0 saturated heterocycles. The highest BCUT2D eigenvalue weighted by molar-refractivity contribution is 5.97.